The summed E-state index contributed by atoms with van der Waals surface area (Å²) in [4.78, 5) is 11.4. The highest BCUT2D eigenvalue weighted by Crippen LogP contribution is 2.36. The Hall–Kier alpha value is -1.35. The van der Waals surface area contributed by atoms with Crippen molar-refractivity contribution in [3.05, 3.63) is 35.9 Å². The van der Waals surface area contributed by atoms with Crippen LogP contribution in [0.5, 0.6) is 0 Å². The molecule has 2 rings (SSSR count). The van der Waals surface area contributed by atoms with Gasteiger partial charge in [-0.15, -0.1) is 0 Å². The quantitative estimate of drug-likeness (QED) is 0.559. The van der Waals surface area contributed by atoms with E-state index >= 15 is 0 Å². The van der Waals surface area contributed by atoms with Crippen molar-refractivity contribution >= 4 is 5.97 Å². The van der Waals surface area contributed by atoms with Crippen molar-refractivity contribution in [2.45, 2.75) is 32.8 Å². The van der Waals surface area contributed by atoms with E-state index in [4.69, 9.17) is 9.47 Å². The highest BCUT2D eigenvalue weighted by Gasteiger charge is 2.34. The average molecular weight is 262 g/mol. The number of hydrogen-bond donors (Lipinski definition) is 0. The third-order valence-corrected chi connectivity index (χ3v) is 3.64. The molecule has 0 aliphatic heterocycles. The van der Waals surface area contributed by atoms with E-state index in [1.165, 1.54) is 5.56 Å². The fourth-order valence-corrected chi connectivity index (χ4v) is 2.44. The van der Waals surface area contributed by atoms with Gasteiger partial charge in [0, 0.05) is 6.61 Å². The summed E-state index contributed by atoms with van der Waals surface area (Å²) >= 11 is 0. The Balaban J connectivity index is 1.53. The highest BCUT2D eigenvalue weighted by atomic mass is 16.5. The zero-order valence-electron chi connectivity index (χ0n) is 11.5. The van der Waals surface area contributed by atoms with Crippen molar-refractivity contribution in [3.63, 3.8) is 0 Å². The normalized spacial score (nSPS) is 21.7. The molecule has 0 amide bonds. The van der Waals surface area contributed by atoms with Crippen LogP contribution in [-0.2, 0) is 20.9 Å². The first-order valence-corrected chi connectivity index (χ1v) is 7.08. The second-order valence-electron chi connectivity index (χ2n) is 5.11. The molecule has 1 aliphatic rings. The molecule has 0 heterocycles. The largest absolute Gasteiger partial charge is 0.466 e. The van der Waals surface area contributed by atoms with Gasteiger partial charge in [0.15, 0.2) is 0 Å². The fourth-order valence-electron chi connectivity index (χ4n) is 2.44. The molecular formula is C16H22O3. The van der Waals surface area contributed by atoms with Gasteiger partial charge in [-0.25, -0.2) is 0 Å². The topological polar surface area (TPSA) is 35.5 Å². The lowest BCUT2D eigenvalue weighted by Gasteiger charge is -2.33. The number of hydrogen-bond acceptors (Lipinski definition) is 3. The third-order valence-electron chi connectivity index (χ3n) is 3.64. The van der Waals surface area contributed by atoms with Crippen LogP contribution in [0.3, 0.4) is 0 Å². The molecule has 1 saturated carbocycles. The first-order chi connectivity index (χ1) is 9.29. The van der Waals surface area contributed by atoms with E-state index in [9.17, 15) is 4.79 Å². The predicted molar refractivity (Wildman–Crippen MR) is 73.6 cm³/mol. The van der Waals surface area contributed by atoms with Gasteiger partial charge in [-0.2, -0.15) is 0 Å². The molecule has 1 aromatic carbocycles. The summed E-state index contributed by atoms with van der Waals surface area (Å²) in [5.41, 5.74) is 1.21. The maximum absolute atomic E-state index is 11.4. The van der Waals surface area contributed by atoms with Crippen LogP contribution in [0.1, 0.15) is 31.7 Å². The van der Waals surface area contributed by atoms with Crippen molar-refractivity contribution in [2.24, 2.45) is 11.8 Å². The van der Waals surface area contributed by atoms with Gasteiger partial charge >= 0.3 is 5.97 Å². The molecule has 0 bridgehead atoms. The van der Waals surface area contributed by atoms with E-state index in [2.05, 4.69) is 12.1 Å². The van der Waals surface area contributed by atoms with Crippen LogP contribution >= 0.6 is 0 Å². The van der Waals surface area contributed by atoms with Gasteiger partial charge in [-0.3, -0.25) is 4.79 Å². The van der Waals surface area contributed by atoms with Crippen molar-refractivity contribution < 1.29 is 14.3 Å². The summed E-state index contributed by atoms with van der Waals surface area (Å²) in [5, 5.41) is 0. The molecule has 0 radical (unpaired) electrons. The first-order valence-electron chi connectivity index (χ1n) is 7.08. The van der Waals surface area contributed by atoms with Gasteiger partial charge in [0.2, 0.25) is 0 Å². The summed E-state index contributed by atoms with van der Waals surface area (Å²) in [7, 11) is 0. The Kier molecular flexibility index (Phi) is 5.40. The highest BCUT2D eigenvalue weighted by molar-refractivity contribution is 5.73. The summed E-state index contributed by atoms with van der Waals surface area (Å²) in [5.74, 6) is 0.744. The molecule has 0 unspecified atom stereocenters. The number of rotatable bonds is 7. The molecule has 0 saturated heterocycles. The van der Waals surface area contributed by atoms with Crippen molar-refractivity contribution in [1.29, 1.82) is 0 Å². The number of ether oxygens (including phenoxy) is 2. The Morgan fingerprint density at radius 3 is 2.68 bits per heavy atom. The zero-order valence-corrected chi connectivity index (χ0v) is 11.5. The maximum Gasteiger partial charge on any atom is 0.308 e. The lowest BCUT2D eigenvalue weighted by atomic mass is 9.73. The van der Waals surface area contributed by atoms with E-state index < -0.39 is 0 Å². The number of esters is 1. The number of benzene rings is 1. The number of carbonyl (C=O) groups is 1. The van der Waals surface area contributed by atoms with Crippen LogP contribution in [0.2, 0.25) is 0 Å². The Bertz CT molecular complexity index is 382. The minimum Gasteiger partial charge on any atom is -0.466 e. The lowest BCUT2D eigenvalue weighted by Crippen LogP contribution is -2.32. The molecule has 0 atom stereocenters. The summed E-state index contributed by atoms with van der Waals surface area (Å²) < 4.78 is 10.7. The summed E-state index contributed by atoms with van der Waals surface area (Å²) in [6.07, 6.45) is 2.98. The smallest absolute Gasteiger partial charge is 0.308 e. The molecule has 104 valence electrons. The monoisotopic (exact) mass is 262 g/mol. The first kappa shape index (κ1) is 14.1. The van der Waals surface area contributed by atoms with Gasteiger partial charge in [-0.05, 0) is 37.7 Å². The van der Waals surface area contributed by atoms with Crippen molar-refractivity contribution in [3.8, 4) is 0 Å². The molecule has 19 heavy (non-hydrogen) atoms. The Morgan fingerprint density at radius 2 is 2.00 bits per heavy atom. The molecule has 0 spiro atoms. The Morgan fingerprint density at radius 1 is 1.26 bits per heavy atom. The van der Waals surface area contributed by atoms with Gasteiger partial charge < -0.3 is 9.47 Å². The van der Waals surface area contributed by atoms with Gasteiger partial charge in [0.1, 0.15) is 0 Å². The van der Waals surface area contributed by atoms with E-state index in [1.54, 1.807) is 0 Å². The van der Waals surface area contributed by atoms with E-state index in [1.807, 2.05) is 25.1 Å². The van der Waals surface area contributed by atoms with Gasteiger partial charge in [-0.1, -0.05) is 30.3 Å². The number of carbonyl (C=O) groups excluding carboxylic acids is 1. The molecule has 0 N–H and O–H groups in total. The SMILES string of the molecule is CCOC(=O)C1CC(CCOCc2ccccc2)C1. The van der Waals surface area contributed by atoms with Crippen molar-refractivity contribution in [2.75, 3.05) is 13.2 Å². The van der Waals surface area contributed by atoms with Crippen LogP contribution in [0.4, 0.5) is 0 Å². The standard InChI is InChI=1S/C16H22O3/c1-2-19-16(17)15-10-14(11-15)8-9-18-12-13-6-4-3-5-7-13/h3-7,14-15H,2,8-12H2,1H3. The summed E-state index contributed by atoms with van der Waals surface area (Å²) in [6.45, 7) is 3.79. The van der Waals surface area contributed by atoms with Crippen LogP contribution in [0.15, 0.2) is 30.3 Å². The molecule has 1 fully saturated rings. The maximum atomic E-state index is 11.4. The van der Waals surface area contributed by atoms with Crippen LogP contribution in [0, 0.1) is 11.8 Å². The van der Waals surface area contributed by atoms with E-state index in [0.29, 0.717) is 19.1 Å². The molecule has 1 aromatic rings. The summed E-state index contributed by atoms with van der Waals surface area (Å²) in [6, 6.07) is 10.2. The second-order valence-corrected chi connectivity index (χ2v) is 5.11. The third kappa shape index (κ3) is 4.35. The molecule has 3 nitrogen and oxygen atoms in total. The molecule has 1 aliphatic carbocycles. The Labute approximate surface area is 114 Å². The lowest BCUT2D eigenvalue weighted by molar-refractivity contribution is -0.153. The van der Waals surface area contributed by atoms with Crippen LogP contribution in [0.25, 0.3) is 0 Å². The van der Waals surface area contributed by atoms with Gasteiger partial charge in [0.25, 0.3) is 0 Å². The minimum atomic E-state index is -0.0241. The molecule has 0 aromatic heterocycles. The van der Waals surface area contributed by atoms with E-state index in [0.717, 1.165) is 25.9 Å². The average Bonchev–Trinajstić information content (AvgIpc) is 2.37. The fraction of sp³-hybridized carbons (Fsp3) is 0.562. The minimum absolute atomic E-state index is 0.0241. The molecule has 3 heteroatoms. The van der Waals surface area contributed by atoms with Crippen molar-refractivity contribution in [1.82, 2.24) is 0 Å². The zero-order chi connectivity index (χ0) is 13.5. The van der Waals surface area contributed by atoms with Gasteiger partial charge in [0.05, 0.1) is 19.1 Å². The van der Waals surface area contributed by atoms with Crippen LogP contribution in [-0.4, -0.2) is 19.2 Å². The van der Waals surface area contributed by atoms with E-state index in [-0.39, 0.29) is 11.9 Å². The second kappa shape index (κ2) is 7.29. The van der Waals surface area contributed by atoms with Crippen LogP contribution < -0.4 is 0 Å². The predicted octanol–water partition coefficient (Wildman–Crippen LogP) is 3.18. The molecular weight excluding hydrogens is 240 g/mol.